The minimum absolute atomic E-state index is 0.138. The van der Waals surface area contributed by atoms with Gasteiger partial charge in [0, 0.05) is 13.1 Å². The van der Waals surface area contributed by atoms with Gasteiger partial charge in [0.05, 0.1) is 17.6 Å². The van der Waals surface area contributed by atoms with Gasteiger partial charge < -0.3 is 5.32 Å². The molecule has 1 N–H and O–H groups in total. The monoisotopic (exact) mass is 229 g/mol. The predicted octanol–water partition coefficient (Wildman–Crippen LogP) is 1.84. The molecular weight excluding hydrogens is 214 g/mol. The van der Waals surface area contributed by atoms with Crippen molar-refractivity contribution in [2.75, 3.05) is 12.4 Å². The van der Waals surface area contributed by atoms with E-state index in [2.05, 4.69) is 17.3 Å². The zero-order valence-electron chi connectivity index (χ0n) is 9.97. The van der Waals surface area contributed by atoms with Gasteiger partial charge in [-0.3, -0.25) is 4.79 Å². The van der Waals surface area contributed by atoms with Crippen molar-refractivity contribution in [2.45, 2.75) is 13.3 Å². The first-order valence-corrected chi connectivity index (χ1v) is 5.61. The molecule has 0 saturated heterocycles. The van der Waals surface area contributed by atoms with E-state index < -0.39 is 0 Å². The van der Waals surface area contributed by atoms with Crippen molar-refractivity contribution in [3.63, 3.8) is 0 Å². The molecule has 4 heteroatoms. The van der Waals surface area contributed by atoms with Crippen molar-refractivity contribution < 1.29 is 0 Å². The van der Waals surface area contributed by atoms with E-state index in [1.165, 1.54) is 16.3 Å². The summed E-state index contributed by atoms with van der Waals surface area (Å²) in [5.74, 6) is 0. The number of rotatable bonds is 3. The molecule has 0 spiro atoms. The number of nitrogens with one attached hydrogen (secondary N) is 1. The van der Waals surface area contributed by atoms with E-state index in [1.54, 1.807) is 13.2 Å². The molecule has 0 aliphatic rings. The van der Waals surface area contributed by atoms with Gasteiger partial charge in [-0.15, -0.1) is 0 Å². The molecular formula is C13H15N3O. The molecule has 0 atom stereocenters. The second kappa shape index (κ2) is 4.82. The Kier molecular flexibility index (Phi) is 3.23. The Bertz CT molecular complexity index is 558. The van der Waals surface area contributed by atoms with Crippen molar-refractivity contribution in [3.05, 3.63) is 52.4 Å². The Labute approximate surface area is 99.9 Å². The lowest BCUT2D eigenvalue weighted by Crippen LogP contribution is -2.20. The van der Waals surface area contributed by atoms with Gasteiger partial charge in [0.2, 0.25) is 0 Å². The van der Waals surface area contributed by atoms with E-state index in [9.17, 15) is 4.79 Å². The summed E-state index contributed by atoms with van der Waals surface area (Å²) in [5.41, 5.74) is 2.61. The van der Waals surface area contributed by atoms with E-state index in [-0.39, 0.29) is 5.56 Å². The Hall–Kier alpha value is -2.10. The third-order valence-corrected chi connectivity index (χ3v) is 2.68. The summed E-state index contributed by atoms with van der Waals surface area (Å²) in [4.78, 5) is 11.8. The molecule has 1 aromatic carbocycles. The highest BCUT2D eigenvalue weighted by molar-refractivity contribution is 5.40. The average molecular weight is 229 g/mol. The van der Waals surface area contributed by atoms with Gasteiger partial charge >= 0.3 is 0 Å². The van der Waals surface area contributed by atoms with E-state index in [1.807, 2.05) is 24.3 Å². The lowest BCUT2D eigenvalue weighted by molar-refractivity contribution is 0.807. The average Bonchev–Trinajstić information content (AvgIpc) is 2.39. The normalized spacial score (nSPS) is 10.2. The molecule has 0 bridgehead atoms. The maximum atomic E-state index is 11.8. The summed E-state index contributed by atoms with van der Waals surface area (Å²) < 4.78 is 1.39. The molecule has 4 nitrogen and oxygen atoms in total. The van der Waals surface area contributed by atoms with Crippen LogP contribution in [0.4, 0.5) is 5.69 Å². The first kappa shape index (κ1) is 11.4. The van der Waals surface area contributed by atoms with Crippen LogP contribution in [0.3, 0.4) is 0 Å². The summed E-state index contributed by atoms with van der Waals surface area (Å²) in [5, 5.41) is 7.01. The molecule has 0 radical (unpaired) electrons. The van der Waals surface area contributed by atoms with E-state index in [4.69, 9.17) is 0 Å². The van der Waals surface area contributed by atoms with Crippen molar-refractivity contribution >= 4 is 5.69 Å². The Balaban J connectivity index is 2.42. The van der Waals surface area contributed by atoms with Crippen LogP contribution in [0.5, 0.6) is 0 Å². The van der Waals surface area contributed by atoms with Gasteiger partial charge in [-0.2, -0.15) is 9.78 Å². The predicted molar refractivity (Wildman–Crippen MR) is 68.8 cm³/mol. The van der Waals surface area contributed by atoms with Crippen LogP contribution in [0.25, 0.3) is 5.69 Å². The topological polar surface area (TPSA) is 46.9 Å². The maximum absolute atomic E-state index is 11.8. The SMILES string of the molecule is CCc1ccc(-n2ncc(NC)cc2=O)cc1. The maximum Gasteiger partial charge on any atom is 0.273 e. The standard InChI is InChI=1S/C13H15N3O/c1-3-10-4-6-12(7-5-10)16-13(17)8-11(14-2)9-15-16/h4-9,14H,3H2,1-2H3. The highest BCUT2D eigenvalue weighted by Crippen LogP contribution is 2.08. The number of aromatic nitrogens is 2. The van der Waals surface area contributed by atoms with Gasteiger partial charge in [-0.05, 0) is 24.1 Å². The fourth-order valence-electron chi connectivity index (χ4n) is 1.61. The van der Waals surface area contributed by atoms with Crippen LogP contribution in [0.15, 0.2) is 41.3 Å². The third-order valence-electron chi connectivity index (χ3n) is 2.68. The van der Waals surface area contributed by atoms with Gasteiger partial charge in [0.1, 0.15) is 0 Å². The second-order valence-corrected chi connectivity index (χ2v) is 3.76. The van der Waals surface area contributed by atoms with Gasteiger partial charge in [0.25, 0.3) is 5.56 Å². The van der Waals surface area contributed by atoms with E-state index in [0.717, 1.165) is 17.8 Å². The third kappa shape index (κ3) is 2.36. The van der Waals surface area contributed by atoms with Crippen LogP contribution in [0.2, 0.25) is 0 Å². The molecule has 1 aromatic heterocycles. The van der Waals surface area contributed by atoms with Gasteiger partial charge in [-0.25, -0.2) is 0 Å². The van der Waals surface area contributed by atoms with Crippen LogP contribution in [-0.4, -0.2) is 16.8 Å². The second-order valence-electron chi connectivity index (χ2n) is 3.76. The van der Waals surface area contributed by atoms with Crippen molar-refractivity contribution in [1.29, 1.82) is 0 Å². The first-order chi connectivity index (χ1) is 8.24. The molecule has 17 heavy (non-hydrogen) atoms. The number of benzene rings is 1. The molecule has 2 aromatic rings. The highest BCUT2D eigenvalue weighted by atomic mass is 16.1. The molecule has 0 amide bonds. The summed E-state index contributed by atoms with van der Waals surface area (Å²) in [6.45, 7) is 2.10. The quantitative estimate of drug-likeness (QED) is 0.873. The van der Waals surface area contributed by atoms with Crippen LogP contribution in [0, 0.1) is 0 Å². The largest absolute Gasteiger partial charge is 0.387 e. The zero-order valence-corrected chi connectivity index (χ0v) is 9.97. The summed E-state index contributed by atoms with van der Waals surface area (Å²) in [6.07, 6.45) is 2.62. The van der Waals surface area contributed by atoms with E-state index in [0.29, 0.717) is 0 Å². The van der Waals surface area contributed by atoms with Crippen LogP contribution in [-0.2, 0) is 6.42 Å². The highest BCUT2D eigenvalue weighted by Gasteiger charge is 2.01. The number of hydrogen-bond acceptors (Lipinski definition) is 3. The summed E-state index contributed by atoms with van der Waals surface area (Å²) >= 11 is 0. The number of hydrogen-bond donors (Lipinski definition) is 1. The Morgan fingerprint density at radius 3 is 2.53 bits per heavy atom. The molecule has 0 unspecified atom stereocenters. The fraction of sp³-hybridized carbons (Fsp3) is 0.231. The molecule has 0 saturated carbocycles. The van der Waals surface area contributed by atoms with Crippen molar-refractivity contribution in [1.82, 2.24) is 9.78 Å². The van der Waals surface area contributed by atoms with E-state index >= 15 is 0 Å². The molecule has 1 heterocycles. The Morgan fingerprint density at radius 1 is 1.29 bits per heavy atom. The Morgan fingerprint density at radius 2 is 2.00 bits per heavy atom. The number of anilines is 1. The smallest absolute Gasteiger partial charge is 0.273 e. The van der Waals surface area contributed by atoms with Gasteiger partial charge in [0.15, 0.2) is 0 Å². The minimum atomic E-state index is -0.138. The molecule has 88 valence electrons. The van der Waals surface area contributed by atoms with Crippen molar-refractivity contribution in [2.24, 2.45) is 0 Å². The summed E-state index contributed by atoms with van der Waals surface area (Å²) in [6, 6.07) is 9.37. The van der Waals surface area contributed by atoms with Crippen LogP contribution in [0.1, 0.15) is 12.5 Å². The lowest BCUT2D eigenvalue weighted by atomic mass is 10.1. The van der Waals surface area contributed by atoms with Gasteiger partial charge in [-0.1, -0.05) is 19.1 Å². The number of nitrogens with zero attached hydrogens (tertiary/aromatic N) is 2. The number of aryl methyl sites for hydroxylation is 1. The lowest BCUT2D eigenvalue weighted by Gasteiger charge is -2.06. The molecule has 0 aliphatic heterocycles. The fourth-order valence-corrected chi connectivity index (χ4v) is 1.61. The zero-order chi connectivity index (χ0) is 12.3. The first-order valence-electron chi connectivity index (χ1n) is 5.61. The molecule has 0 fully saturated rings. The molecule has 2 rings (SSSR count). The molecule has 0 aliphatic carbocycles. The van der Waals surface area contributed by atoms with Crippen molar-refractivity contribution in [3.8, 4) is 5.69 Å². The van der Waals surface area contributed by atoms with Crippen LogP contribution < -0.4 is 10.9 Å². The summed E-state index contributed by atoms with van der Waals surface area (Å²) in [7, 11) is 1.76. The van der Waals surface area contributed by atoms with Crippen LogP contribution >= 0.6 is 0 Å². The minimum Gasteiger partial charge on any atom is -0.387 e.